The van der Waals surface area contributed by atoms with Crippen LogP contribution in [0, 0.1) is 5.92 Å². The molecular formula is C24H33N3O4. The van der Waals surface area contributed by atoms with Gasteiger partial charge in [0.2, 0.25) is 11.8 Å². The summed E-state index contributed by atoms with van der Waals surface area (Å²) in [5.41, 5.74) is 0.617. The molecule has 0 saturated carbocycles. The molecule has 0 bridgehead atoms. The van der Waals surface area contributed by atoms with E-state index in [2.05, 4.69) is 4.90 Å². The Kier molecular flexibility index (Phi) is 6.90. The first-order chi connectivity index (χ1) is 15.1. The molecule has 31 heavy (non-hydrogen) atoms. The number of nitrogens with zero attached hydrogens (tertiary/aromatic N) is 3. The lowest BCUT2D eigenvalue weighted by atomic mass is 9.92. The summed E-state index contributed by atoms with van der Waals surface area (Å²) in [6.07, 6.45) is 5.93. The quantitative estimate of drug-likeness (QED) is 0.597. The van der Waals surface area contributed by atoms with Crippen LogP contribution < -0.4 is 9.64 Å². The SMILES string of the molecule is CCCOc1ccc(N2C(=O)CC(N3CCC(CCN4CCCC4=O)CC3)C2=O)cc1. The van der Waals surface area contributed by atoms with Crippen LogP contribution in [0.2, 0.25) is 0 Å². The highest BCUT2D eigenvalue weighted by Crippen LogP contribution is 2.30. The fourth-order valence-corrected chi connectivity index (χ4v) is 4.92. The van der Waals surface area contributed by atoms with Gasteiger partial charge in [0.05, 0.1) is 24.8 Å². The number of hydrogen-bond donors (Lipinski definition) is 0. The summed E-state index contributed by atoms with van der Waals surface area (Å²) in [5.74, 6) is 1.38. The monoisotopic (exact) mass is 427 g/mol. The number of hydrogen-bond acceptors (Lipinski definition) is 5. The van der Waals surface area contributed by atoms with Crippen molar-refractivity contribution >= 4 is 23.4 Å². The third kappa shape index (κ3) is 4.92. The molecule has 7 nitrogen and oxygen atoms in total. The first-order valence-electron chi connectivity index (χ1n) is 11.7. The number of anilines is 1. The molecule has 3 saturated heterocycles. The number of benzene rings is 1. The smallest absolute Gasteiger partial charge is 0.251 e. The molecular weight excluding hydrogens is 394 g/mol. The third-order valence-corrected chi connectivity index (χ3v) is 6.76. The van der Waals surface area contributed by atoms with E-state index in [4.69, 9.17) is 4.74 Å². The van der Waals surface area contributed by atoms with Crippen molar-refractivity contribution < 1.29 is 19.1 Å². The van der Waals surface area contributed by atoms with Crippen LogP contribution in [-0.2, 0) is 14.4 Å². The minimum atomic E-state index is -0.357. The zero-order valence-electron chi connectivity index (χ0n) is 18.4. The molecule has 0 radical (unpaired) electrons. The Morgan fingerprint density at radius 1 is 1.00 bits per heavy atom. The van der Waals surface area contributed by atoms with Crippen LogP contribution in [-0.4, -0.2) is 66.3 Å². The van der Waals surface area contributed by atoms with Gasteiger partial charge >= 0.3 is 0 Å². The van der Waals surface area contributed by atoms with E-state index >= 15 is 0 Å². The molecule has 3 amide bonds. The summed E-state index contributed by atoms with van der Waals surface area (Å²) in [5, 5.41) is 0. The van der Waals surface area contributed by atoms with E-state index in [1.807, 2.05) is 24.0 Å². The number of piperidine rings is 1. The van der Waals surface area contributed by atoms with E-state index < -0.39 is 0 Å². The summed E-state index contributed by atoms with van der Waals surface area (Å²) >= 11 is 0. The van der Waals surface area contributed by atoms with Crippen molar-refractivity contribution in [3.8, 4) is 5.75 Å². The van der Waals surface area contributed by atoms with Crippen molar-refractivity contribution in [3.05, 3.63) is 24.3 Å². The number of ether oxygens (including phenoxy) is 1. The van der Waals surface area contributed by atoms with Gasteiger partial charge in [0, 0.05) is 19.5 Å². The molecule has 168 valence electrons. The molecule has 0 aromatic heterocycles. The zero-order chi connectivity index (χ0) is 21.8. The molecule has 3 aliphatic rings. The average molecular weight is 428 g/mol. The second kappa shape index (κ2) is 9.81. The third-order valence-electron chi connectivity index (χ3n) is 6.76. The highest BCUT2D eigenvalue weighted by atomic mass is 16.5. The van der Waals surface area contributed by atoms with E-state index in [0.717, 1.165) is 64.0 Å². The average Bonchev–Trinajstić information content (AvgIpc) is 3.33. The largest absolute Gasteiger partial charge is 0.494 e. The van der Waals surface area contributed by atoms with Gasteiger partial charge in [-0.25, -0.2) is 4.90 Å². The lowest BCUT2D eigenvalue weighted by molar-refractivity contribution is -0.128. The fourth-order valence-electron chi connectivity index (χ4n) is 4.92. The Balaban J connectivity index is 1.29. The van der Waals surface area contributed by atoms with Crippen LogP contribution in [0.1, 0.15) is 51.9 Å². The van der Waals surface area contributed by atoms with Crippen molar-refractivity contribution in [2.24, 2.45) is 5.92 Å². The lowest BCUT2D eigenvalue weighted by Gasteiger charge is -2.35. The zero-order valence-corrected chi connectivity index (χ0v) is 18.4. The summed E-state index contributed by atoms with van der Waals surface area (Å²) in [7, 11) is 0. The van der Waals surface area contributed by atoms with Gasteiger partial charge in [0.15, 0.2) is 0 Å². The van der Waals surface area contributed by atoms with E-state index in [1.54, 1.807) is 12.1 Å². The van der Waals surface area contributed by atoms with E-state index in [-0.39, 0.29) is 30.2 Å². The summed E-state index contributed by atoms with van der Waals surface area (Å²) < 4.78 is 5.59. The summed E-state index contributed by atoms with van der Waals surface area (Å²) in [6.45, 7) is 6.12. The second-order valence-corrected chi connectivity index (χ2v) is 8.88. The Morgan fingerprint density at radius 2 is 1.74 bits per heavy atom. The van der Waals surface area contributed by atoms with Gasteiger partial charge in [-0.2, -0.15) is 0 Å². The minimum Gasteiger partial charge on any atom is -0.494 e. The number of imide groups is 1. The Labute approximate surface area is 184 Å². The Bertz CT molecular complexity index is 802. The van der Waals surface area contributed by atoms with Crippen LogP contribution in [0.25, 0.3) is 0 Å². The molecule has 0 spiro atoms. The molecule has 3 aliphatic heterocycles. The molecule has 0 aliphatic carbocycles. The van der Waals surface area contributed by atoms with Gasteiger partial charge in [-0.15, -0.1) is 0 Å². The standard InChI is InChI=1S/C24H33N3O4/c1-2-16-31-20-7-5-19(6-8-20)27-23(29)17-21(24(27)30)25-13-9-18(10-14-25)11-15-26-12-3-4-22(26)28/h5-8,18,21H,2-4,9-17H2,1H3. The van der Waals surface area contributed by atoms with Gasteiger partial charge in [-0.3, -0.25) is 19.3 Å². The fraction of sp³-hybridized carbons (Fsp3) is 0.625. The first-order valence-corrected chi connectivity index (χ1v) is 11.7. The van der Waals surface area contributed by atoms with Crippen LogP contribution in [0.15, 0.2) is 24.3 Å². The Morgan fingerprint density at radius 3 is 2.39 bits per heavy atom. The van der Waals surface area contributed by atoms with Crippen molar-refractivity contribution in [1.29, 1.82) is 0 Å². The van der Waals surface area contributed by atoms with Crippen molar-refractivity contribution in [2.45, 2.75) is 57.9 Å². The van der Waals surface area contributed by atoms with Gasteiger partial charge in [0.1, 0.15) is 5.75 Å². The van der Waals surface area contributed by atoms with Crippen LogP contribution in [0.4, 0.5) is 5.69 Å². The number of likely N-dealkylation sites (tertiary alicyclic amines) is 2. The molecule has 1 unspecified atom stereocenters. The van der Waals surface area contributed by atoms with Gasteiger partial charge in [-0.1, -0.05) is 6.92 Å². The maximum absolute atomic E-state index is 13.1. The van der Waals surface area contributed by atoms with Crippen LogP contribution >= 0.6 is 0 Å². The van der Waals surface area contributed by atoms with Crippen molar-refractivity contribution in [1.82, 2.24) is 9.80 Å². The highest BCUT2D eigenvalue weighted by Gasteiger charge is 2.43. The topological polar surface area (TPSA) is 70.2 Å². The number of amides is 3. The van der Waals surface area contributed by atoms with Gasteiger partial charge < -0.3 is 9.64 Å². The number of carbonyl (C=O) groups excluding carboxylic acids is 3. The van der Waals surface area contributed by atoms with Gasteiger partial charge in [0.25, 0.3) is 5.91 Å². The van der Waals surface area contributed by atoms with Gasteiger partial charge in [-0.05, 0) is 75.4 Å². The maximum atomic E-state index is 13.1. The number of rotatable bonds is 8. The molecule has 1 aromatic rings. The molecule has 1 atom stereocenters. The molecule has 7 heteroatoms. The summed E-state index contributed by atoms with van der Waals surface area (Å²) in [4.78, 5) is 43.0. The molecule has 4 rings (SSSR count). The van der Waals surface area contributed by atoms with E-state index in [1.165, 1.54) is 4.90 Å². The van der Waals surface area contributed by atoms with E-state index in [0.29, 0.717) is 24.6 Å². The maximum Gasteiger partial charge on any atom is 0.251 e. The Hall–Kier alpha value is -2.41. The lowest BCUT2D eigenvalue weighted by Crippen LogP contribution is -2.46. The highest BCUT2D eigenvalue weighted by molar-refractivity contribution is 6.22. The molecule has 3 heterocycles. The predicted octanol–water partition coefficient (Wildman–Crippen LogP) is 2.83. The van der Waals surface area contributed by atoms with E-state index in [9.17, 15) is 14.4 Å². The predicted molar refractivity (Wildman–Crippen MR) is 118 cm³/mol. The second-order valence-electron chi connectivity index (χ2n) is 8.88. The van der Waals surface area contributed by atoms with Crippen LogP contribution in [0.3, 0.4) is 0 Å². The minimum absolute atomic E-state index is 0.117. The van der Waals surface area contributed by atoms with Crippen LogP contribution in [0.5, 0.6) is 5.75 Å². The normalized spacial score (nSPS) is 23.3. The van der Waals surface area contributed by atoms with Crippen molar-refractivity contribution in [2.75, 3.05) is 37.7 Å². The first kappa shape index (κ1) is 21.8. The summed E-state index contributed by atoms with van der Waals surface area (Å²) in [6, 6.07) is 6.85. The number of carbonyl (C=O) groups is 3. The molecule has 0 N–H and O–H groups in total. The molecule has 3 fully saturated rings. The molecule has 1 aromatic carbocycles. The van der Waals surface area contributed by atoms with Crippen molar-refractivity contribution in [3.63, 3.8) is 0 Å².